The van der Waals surface area contributed by atoms with Gasteiger partial charge in [-0.3, -0.25) is 0 Å². The van der Waals surface area contributed by atoms with E-state index >= 15 is 0 Å². The van der Waals surface area contributed by atoms with E-state index in [0.29, 0.717) is 21.9 Å². The van der Waals surface area contributed by atoms with Crippen LogP contribution in [0, 0.1) is 0 Å². The summed E-state index contributed by atoms with van der Waals surface area (Å²) in [4.78, 5) is 11.6. The molecular formula is C21H14O4. The molecule has 4 heteroatoms. The standard InChI is InChI=1S/C21H14O4/c22-19-16-11-14-9-5-4-8-13(14)10-15(16)17(12-6-2-1-3-7-12)20(23)18(19)21(24)25/h1-11,22-23H,(H,24,25). The van der Waals surface area contributed by atoms with Gasteiger partial charge in [-0.25, -0.2) is 4.79 Å². The third kappa shape index (κ3) is 2.27. The second-order valence-corrected chi connectivity index (χ2v) is 5.86. The van der Waals surface area contributed by atoms with Crippen LogP contribution in [-0.2, 0) is 0 Å². The van der Waals surface area contributed by atoms with Crippen LogP contribution in [0.25, 0.3) is 32.7 Å². The summed E-state index contributed by atoms with van der Waals surface area (Å²) >= 11 is 0. The third-order valence-corrected chi connectivity index (χ3v) is 4.40. The summed E-state index contributed by atoms with van der Waals surface area (Å²) in [5.41, 5.74) is 0.598. The highest BCUT2D eigenvalue weighted by Crippen LogP contribution is 2.46. The van der Waals surface area contributed by atoms with E-state index in [0.717, 1.165) is 10.8 Å². The first-order valence-electron chi connectivity index (χ1n) is 7.77. The molecule has 0 bridgehead atoms. The summed E-state index contributed by atoms with van der Waals surface area (Å²) in [5, 5.41) is 33.4. The molecule has 122 valence electrons. The molecule has 4 aromatic rings. The maximum absolute atomic E-state index is 11.6. The zero-order chi connectivity index (χ0) is 17.6. The van der Waals surface area contributed by atoms with Gasteiger partial charge in [0.2, 0.25) is 0 Å². The van der Waals surface area contributed by atoms with Crippen LogP contribution < -0.4 is 0 Å². The van der Waals surface area contributed by atoms with E-state index in [4.69, 9.17) is 0 Å². The van der Waals surface area contributed by atoms with Gasteiger partial charge in [0.15, 0.2) is 0 Å². The van der Waals surface area contributed by atoms with Gasteiger partial charge in [-0.2, -0.15) is 0 Å². The molecule has 0 fully saturated rings. The first-order valence-corrected chi connectivity index (χ1v) is 7.77. The predicted molar refractivity (Wildman–Crippen MR) is 97.2 cm³/mol. The van der Waals surface area contributed by atoms with Crippen molar-refractivity contribution in [2.75, 3.05) is 0 Å². The number of carbonyl (C=O) groups is 1. The molecule has 0 heterocycles. The Morgan fingerprint density at radius 2 is 1.28 bits per heavy atom. The minimum Gasteiger partial charge on any atom is -0.506 e. The SMILES string of the molecule is O=C(O)c1c(O)c(-c2ccccc2)c2cc3ccccc3cc2c1O. The van der Waals surface area contributed by atoms with Gasteiger partial charge in [-0.1, -0.05) is 54.6 Å². The summed E-state index contributed by atoms with van der Waals surface area (Å²) in [6, 6.07) is 20.3. The molecule has 25 heavy (non-hydrogen) atoms. The largest absolute Gasteiger partial charge is 0.506 e. The number of aromatic carboxylic acids is 1. The molecule has 4 nitrogen and oxygen atoms in total. The van der Waals surface area contributed by atoms with Gasteiger partial charge >= 0.3 is 5.97 Å². The van der Waals surface area contributed by atoms with E-state index in [-0.39, 0.29) is 0 Å². The lowest BCUT2D eigenvalue weighted by Crippen LogP contribution is -2.00. The molecule has 4 rings (SSSR count). The van der Waals surface area contributed by atoms with Crippen LogP contribution in [0.15, 0.2) is 66.7 Å². The van der Waals surface area contributed by atoms with Crippen molar-refractivity contribution in [2.24, 2.45) is 0 Å². The highest BCUT2D eigenvalue weighted by atomic mass is 16.4. The first-order chi connectivity index (χ1) is 12.1. The maximum Gasteiger partial charge on any atom is 0.343 e. The van der Waals surface area contributed by atoms with E-state index in [1.807, 2.05) is 48.5 Å². The molecule has 0 atom stereocenters. The lowest BCUT2D eigenvalue weighted by atomic mass is 9.91. The molecular weight excluding hydrogens is 316 g/mol. The number of aromatic hydroxyl groups is 2. The summed E-state index contributed by atoms with van der Waals surface area (Å²) in [7, 11) is 0. The Morgan fingerprint density at radius 3 is 1.88 bits per heavy atom. The number of fused-ring (bicyclic) bond motifs is 2. The maximum atomic E-state index is 11.6. The molecule has 0 aliphatic rings. The fraction of sp³-hybridized carbons (Fsp3) is 0. The number of hydrogen-bond acceptors (Lipinski definition) is 3. The summed E-state index contributed by atoms with van der Waals surface area (Å²) < 4.78 is 0. The van der Waals surface area contributed by atoms with Crippen molar-refractivity contribution in [1.29, 1.82) is 0 Å². The lowest BCUT2D eigenvalue weighted by molar-refractivity contribution is 0.0691. The van der Waals surface area contributed by atoms with Crippen LogP contribution in [0.1, 0.15) is 10.4 Å². The van der Waals surface area contributed by atoms with Crippen molar-refractivity contribution in [1.82, 2.24) is 0 Å². The highest BCUT2D eigenvalue weighted by Gasteiger charge is 2.24. The van der Waals surface area contributed by atoms with Crippen LogP contribution in [-0.4, -0.2) is 21.3 Å². The molecule has 3 N–H and O–H groups in total. The van der Waals surface area contributed by atoms with Crippen LogP contribution in [0.3, 0.4) is 0 Å². The normalized spacial score (nSPS) is 11.0. The van der Waals surface area contributed by atoms with Crippen molar-refractivity contribution in [2.45, 2.75) is 0 Å². The van der Waals surface area contributed by atoms with E-state index in [1.54, 1.807) is 18.2 Å². The average Bonchev–Trinajstić information content (AvgIpc) is 2.61. The van der Waals surface area contributed by atoms with Crippen LogP contribution in [0.5, 0.6) is 11.5 Å². The summed E-state index contributed by atoms with van der Waals surface area (Å²) in [6.45, 7) is 0. The number of benzene rings is 4. The predicted octanol–water partition coefficient (Wildman–Crippen LogP) is 4.77. The number of hydrogen-bond donors (Lipinski definition) is 3. The Bertz CT molecular complexity index is 1130. The quantitative estimate of drug-likeness (QED) is 0.463. The monoisotopic (exact) mass is 330 g/mol. The molecule has 0 amide bonds. The lowest BCUT2D eigenvalue weighted by Gasteiger charge is -2.15. The van der Waals surface area contributed by atoms with Crippen LogP contribution in [0.2, 0.25) is 0 Å². The third-order valence-electron chi connectivity index (χ3n) is 4.40. The fourth-order valence-electron chi connectivity index (χ4n) is 3.24. The van der Waals surface area contributed by atoms with Crippen LogP contribution in [0.4, 0.5) is 0 Å². The topological polar surface area (TPSA) is 77.8 Å². The van der Waals surface area contributed by atoms with Crippen molar-refractivity contribution >= 4 is 27.5 Å². The van der Waals surface area contributed by atoms with Gasteiger partial charge in [0.25, 0.3) is 0 Å². The Kier molecular flexibility index (Phi) is 3.32. The zero-order valence-corrected chi connectivity index (χ0v) is 13.1. The van der Waals surface area contributed by atoms with Crippen molar-refractivity contribution in [3.63, 3.8) is 0 Å². The second kappa shape index (κ2) is 5.53. The van der Waals surface area contributed by atoms with Crippen molar-refractivity contribution in [3.05, 3.63) is 72.3 Å². The highest BCUT2D eigenvalue weighted by molar-refractivity contribution is 6.14. The Morgan fingerprint density at radius 1 is 0.720 bits per heavy atom. The Hall–Kier alpha value is -3.53. The molecule has 0 unspecified atom stereocenters. The van der Waals surface area contributed by atoms with Crippen molar-refractivity contribution in [3.8, 4) is 22.6 Å². The Balaban J connectivity index is 2.25. The molecule has 0 aliphatic carbocycles. The molecule has 0 saturated heterocycles. The van der Waals surface area contributed by atoms with E-state index in [9.17, 15) is 20.1 Å². The van der Waals surface area contributed by atoms with Gasteiger partial charge < -0.3 is 15.3 Å². The van der Waals surface area contributed by atoms with Gasteiger partial charge in [-0.15, -0.1) is 0 Å². The molecule has 0 saturated carbocycles. The Labute approximate surface area is 143 Å². The van der Waals surface area contributed by atoms with Gasteiger partial charge in [0.1, 0.15) is 17.1 Å². The fourth-order valence-corrected chi connectivity index (χ4v) is 3.24. The van der Waals surface area contributed by atoms with E-state index < -0.39 is 23.0 Å². The number of carboxylic acid groups (broad SMARTS) is 1. The number of carboxylic acids is 1. The van der Waals surface area contributed by atoms with Crippen molar-refractivity contribution < 1.29 is 20.1 Å². The molecule has 4 aromatic carbocycles. The average molecular weight is 330 g/mol. The van der Waals surface area contributed by atoms with Crippen LogP contribution >= 0.6 is 0 Å². The summed E-state index contributed by atoms with van der Waals surface area (Å²) in [6.07, 6.45) is 0. The van der Waals surface area contributed by atoms with Gasteiger partial charge in [-0.05, 0) is 33.9 Å². The minimum atomic E-state index is -1.37. The smallest absolute Gasteiger partial charge is 0.343 e. The first kappa shape index (κ1) is 15.0. The molecule has 0 aliphatic heterocycles. The minimum absolute atomic E-state index is 0.396. The zero-order valence-electron chi connectivity index (χ0n) is 13.1. The molecule has 0 radical (unpaired) electrons. The molecule has 0 aromatic heterocycles. The van der Waals surface area contributed by atoms with E-state index in [2.05, 4.69) is 0 Å². The van der Waals surface area contributed by atoms with Gasteiger partial charge in [0, 0.05) is 10.9 Å². The summed E-state index contributed by atoms with van der Waals surface area (Å²) in [5.74, 6) is -2.23. The number of rotatable bonds is 2. The second-order valence-electron chi connectivity index (χ2n) is 5.86. The van der Waals surface area contributed by atoms with Gasteiger partial charge in [0.05, 0.1) is 0 Å². The molecule has 0 spiro atoms. The van der Waals surface area contributed by atoms with E-state index in [1.165, 1.54) is 0 Å². The number of phenols is 2.